The lowest BCUT2D eigenvalue weighted by Crippen LogP contribution is -2.16. The first kappa shape index (κ1) is 21.7. The van der Waals surface area contributed by atoms with Gasteiger partial charge in [-0.05, 0) is 43.5 Å². The largest absolute Gasteiger partial charge is 0.462 e. The maximum atomic E-state index is 12.5. The van der Waals surface area contributed by atoms with Crippen LogP contribution >= 0.6 is 22.7 Å². The molecule has 0 aliphatic rings. The number of ether oxygens (including phenoxy) is 2. The van der Waals surface area contributed by atoms with Crippen LogP contribution in [0.1, 0.15) is 40.3 Å². The molecule has 2 heterocycles. The van der Waals surface area contributed by atoms with Gasteiger partial charge in [0.15, 0.2) is 0 Å². The van der Waals surface area contributed by atoms with E-state index < -0.39 is 11.9 Å². The topological polar surface area (TPSA) is 94.6 Å². The van der Waals surface area contributed by atoms with Crippen LogP contribution in [0.25, 0.3) is 9.88 Å². The number of rotatable bonds is 8. The number of nitrogens with zero attached hydrogens (tertiary/aromatic N) is 1. The molecule has 3 rings (SSSR count). The van der Waals surface area contributed by atoms with Crippen LogP contribution in [0.4, 0.5) is 5.69 Å². The molecule has 1 N–H and O–H groups in total. The third-order valence-corrected chi connectivity index (χ3v) is 5.79. The maximum Gasteiger partial charge on any atom is 0.338 e. The summed E-state index contributed by atoms with van der Waals surface area (Å²) in [7, 11) is 0. The summed E-state index contributed by atoms with van der Waals surface area (Å²) in [5.74, 6) is -1.48. The molecule has 3 aromatic rings. The Morgan fingerprint density at radius 3 is 2.23 bits per heavy atom. The number of hydrogen-bond donors (Lipinski definition) is 1. The second-order valence-corrected chi connectivity index (χ2v) is 7.89. The molecular formula is C21H20N2O5S2. The van der Waals surface area contributed by atoms with Gasteiger partial charge in [0, 0.05) is 11.1 Å². The summed E-state index contributed by atoms with van der Waals surface area (Å²) in [6.45, 7) is 3.77. The third-order valence-electron chi connectivity index (χ3n) is 3.86. The van der Waals surface area contributed by atoms with Crippen LogP contribution in [0.2, 0.25) is 0 Å². The first-order valence-corrected chi connectivity index (χ1v) is 11.0. The van der Waals surface area contributed by atoms with Gasteiger partial charge in [-0.25, -0.2) is 14.6 Å². The van der Waals surface area contributed by atoms with Crippen LogP contribution in [0.15, 0.2) is 41.1 Å². The van der Waals surface area contributed by atoms with Gasteiger partial charge in [-0.3, -0.25) is 4.79 Å². The van der Waals surface area contributed by atoms with Crippen molar-refractivity contribution in [2.75, 3.05) is 18.5 Å². The molecule has 7 nitrogen and oxygen atoms in total. The number of thiazole rings is 1. The van der Waals surface area contributed by atoms with E-state index in [0.29, 0.717) is 11.4 Å². The minimum Gasteiger partial charge on any atom is -0.462 e. The van der Waals surface area contributed by atoms with E-state index in [1.807, 2.05) is 22.9 Å². The number of amides is 1. The van der Waals surface area contributed by atoms with Gasteiger partial charge in [0.1, 0.15) is 5.01 Å². The average Bonchev–Trinajstić information content (AvgIpc) is 3.40. The number of aromatic nitrogens is 1. The van der Waals surface area contributed by atoms with Crippen molar-refractivity contribution in [3.8, 4) is 9.88 Å². The highest BCUT2D eigenvalue weighted by Gasteiger charge is 2.16. The number of thiophene rings is 1. The van der Waals surface area contributed by atoms with Crippen LogP contribution < -0.4 is 5.32 Å². The van der Waals surface area contributed by atoms with Gasteiger partial charge in [0.05, 0.1) is 41.3 Å². The highest BCUT2D eigenvalue weighted by atomic mass is 32.1. The highest BCUT2D eigenvalue weighted by molar-refractivity contribution is 7.20. The first-order valence-electron chi connectivity index (χ1n) is 9.27. The number of carbonyl (C=O) groups is 3. The van der Waals surface area contributed by atoms with E-state index in [-0.39, 0.29) is 36.7 Å². The van der Waals surface area contributed by atoms with Gasteiger partial charge in [0.25, 0.3) is 0 Å². The molecular weight excluding hydrogens is 424 g/mol. The molecule has 0 spiro atoms. The average molecular weight is 445 g/mol. The van der Waals surface area contributed by atoms with Crippen molar-refractivity contribution >= 4 is 46.2 Å². The van der Waals surface area contributed by atoms with Crippen LogP contribution in [0.3, 0.4) is 0 Å². The molecule has 0 fully saturated rings. The van der Waals surface area contributed by atoms with Gasteiger partial charge in [-0.15, -0.1) is 22.7 Å². The Bertz CT molecular complexity index is 1010. The van der Waals surface area contributed by atoms with E-state index >= 15 is 0 Å². The van der Waals surface area contributed by atoms with Crippen LogP contribution in [-0.4, -0.2) is 36.0 Å². The van der Waals surface area contributed by atoms with E-state index in [0.717, 1.165) is 9.88 Å². The predicted molar refractivity (Wildman–Crippen MR) is 116 cm³/mol. The van der Waals surface area contributed by atoms with Gasteiger partial charge in [-0.1, -0.05) is 6.07 Å². The predicted octanol–water partition coefficient (Wildman–Crippen LogP) is 4.41. The van der Waals surface area contributed by atoms with E-state index in [1.165, 1.54) is 29.5 Å². The highest BCUT2D eigenvalue weighted by Crippen LogP contribution is 2.28. The summed E-state index contributed by atoms with van der Waals surface area (Å²) in [6.07, 6.45) is 0.0697. The van der Waals surface area contributed by atoms with Crippen molar-refractivity contribution < 1.29 is 23.9 Å². The smallest absolute Gasteiger partial charge is 0.338 e. The summed E-state index contributed by atoms with van der Waals surface area (Å²) in [5.41, 5.74) is 1.27. The fraction of sp³-hybridized carbons (Fsp3) is 0.238. The second-order valence-electron chi connectivity index (χ2n) is 6.09. The normalized spacial score (nSPS) is 10.5. The van der Waals surface area contributed by atoms with Crippen molar-refractivity contribution in [3.05, 3.63) is 57.9 Å². The zero-order valence-electron chi connectivity index (χ0n) is 16.5. The Morgan fingerprint density at radius 2 is 1.67 bits per heavy atom. The molecule has 2 aromatic heterocycles. The Morgan fingerprint density at radius 1 is 1.00 bits per heavy atom. The zero-order valence-corrected chi connectivity index (χ0v) is 18.1. The molecule has 0 bridgehead atoms. The standard InChI is InChI=1S/C21H20N2O5S2/c1-3-27-20(25)13-8-14(21(26)28-4-2)10-15(9-13)22-18(24)11-16-12-30-19(23-16)17-6-5-7-29-17/h5-10,12H,3-4,11H2,1-2H3,(H,22,24). The lowest BCUT2D eigenvalue weighted by molar-refractivity contribution is -0.115. The van der Waals surface area contributed by atoms with Crippen molar-refractivity contribution in [1.82, 2.24) is 4.98 Å². The van der Waals surface area contributed by atoms with E-state index in [4.69, 9.17) is 9.47 Å². The number of nitrogens with one attached hydrogen (secondary N) is 1. The molecule has 156 valence electrons. The fourth-order valence-corrected chi connectivity index (χ4v) is 4.27. The van der Waals surface area contributed by atoms with Crippen LogP contribution in [-0.2, 0) is 20.7 Å². The molecule has 1 amide bonds. The SMILES string of the molecule is CCOC(=O)c1cc(NC(=O)Cc2csc(-c3cccs3)n2)cc(C(=O)OCC)c1. The Hall–Kier alpha value is -3.04. The minimum absolute atomic E-state index is 0.0697. The number of hydrogen-bond acceptors (Lipinski definition) is 8. The van der Waals surface area contributed by atoms with Gasteiger partial charge >= 0.3 is 11.9 Å². The van der Waals surface area contributed by atoms with Crippen molar-refractivity contribution in [3.63, 3.8) is 0 Å². The zero-order chi connectivity index (χ0) is 21.5. The number of anilines is 1. The summed E-state index contributed by atoms with van der Waals surface area (Å²) in [6, 6.07) is 8.25. The van der Waals surface area contributed by atoms with Crippen LogP contribution in [0, 0.1) is 0 Å². The maximum absolute atomic E-state index is 12.5. The number of carbonyl (C=O) groups excluding carboxylic acids is 3. The molecule has 0 atom stereocenters. The molecule has 30 heavy (non-hydrogen) atoms. The molecule has 9 heteroatoms. The molecule has 0 radical (unpaired) electrons. The Balaban J connectivity index is 1.76. The molecule has 0 aliphatic carbocycles. The fourth-order valence-electron chi connectivity index (χ4n) is 2.64. The monoisotopic (exact) mass is 444 g/mol. The lowest BCUT2D eigenvalue weighted by Gasteiger charge is -2.10. The van der Waals surface area contributed by atoms with Gasteiger partial charge in [0.2, 0.25) is 5.91 Å². The molecule has 0 unspecified atom stereocenters. The Labute approximate surface area is 181 Å². The quantitative estimate of drug-likeness (QED) is 0.517. The second kappa shape index (κ2) is 10.1. The molecule has 0 saturated heterocycles. The summed E-state index contributed by atoms with van der Waals surface area (Å²) < 4.78 is 10.0. The Kier molecular flexibility index (Phi) is 7.31. The van der Waals surface area contributed by atoms with E-state index in [9.17, 15) is 14.4 Å². The molecule has 1 aromatic carbocycles. The lowest BCUT2D eigenvalue weighted by atomic mass is 10.1. The summed E-state index contributed by atoms with van der Waals surface area (Å²) in [5, 5.41) is 7.40. The van der Waals surface area contributed by atoms with E-state index in [2.05, 4.69) is 10.3 Å². The third kappa shape index (κ3) is 5.52. The van der Waals surface area contributed by atoms with E-state index in [1.54, 1.807) is 25.2 Å². The summed E-state index contributed by atoms with van der Waals surface area (Å²) >= 11 is 3.06. The molecule has 0 aliphatic heterocycles. The molecule has 0 saturated carbocycles. The first-order chi connectivity index (χ1) is 14.5. The van der Waals surface area contributed by atoms with Gasteiger partial charge in [-0.2, -0.15) is 0 Å². The van der Waals surface area contributed by atoms with Gasteiger partial charge < -0.3 is 14.8 Å². The van der Waals surface area contributed by atoms with Crippen LogP contribution in [0.5, 0.6) is 0 Å². The number of benzene rings is 1. The van der Waals surface area contributed by atoms with Crippen molar-refractivity contribution in [1.29, 1.82) is 0 Å². The van der Waals surface area contributed by atoms with Crippen molar-refractivity contribution in [2.45, 2.75) is 20.3 Å². The summed E-state index contributed by atoms with van der Waals surface area (Å²) in [4.78, 5) is 42.3. The minimum atomic E-state index is -0.584. The number of esters is 2. The van der Waals surface area contributed by atoms with Crippen molar-refractivity contribution in [2.24, 2.45) is 0 Å².